The Morgan fingerprint density at radius 2 is 1.81 bits per heavy atom. The van der Waals surface area contributed by atoms with Crippen molar-refractivity contribution in [1.29, 1.82) is 0 Å². The first-order chi connectivity index (χ1) is 14.8. The van der Waals surface area contributed by atoms with Crippen molar-refractivity contribution in [1.82, 2.24) is 0 Å². The molecule has 0 aromatic heterocycles. The van der Waals surface area contributed by atoms with Gasteiger partial charge < -0.3 is 4.90 Å². The van der Waals surface area contributed by atoms with E-state index in [-0.39, 0.29) is 16.8 Å². The molecule has 0 saturated heterocycles. The molecule has 0 aliphatic carbocycles. The number of carbonyl (C=O) groups excluding carboxylic acids is 1. The molecular formula is C25H26N2O3S. The van der Waals surface area contributed by atoms with Gasteiger partial charge in [0.2, 0.25) is 0 Å². The van der Waals surface area contributed by atoms with Crippen LogP contribution in [0.1, 0.15) is 40.9 Å². The molecule has 3 aromatic carbocycles. The summed E-state index contributed by atoms with van der Waals surface area (Å²) in [4.78, 5) is 15.0. The fraction of sp³-hybridized carbons (Fsp3) is 0.240. The number of fused-ring (bicyclic) bond motifs is 1. The number of nitrogens with zero attached hydrogens (tertiary/aromatic N) is 1. The monoisotopic (exact) mass is 434 g/mol. The maximum Gasteiger partial charge on any atom is 0.261 e. The average molecular weight is 435 g/mol. The molecule has 0 fully saturated rings. The number of para-hydroxylation sites is 1. The van der Waals surface area contributed by atoms with Gasteiger partial charge in [-0.25, -0.2) is 8.42 Å². The second-order valence-electron chi connectivity index (χ2n) is 7.95. The fourth-order valence-corrected chi connectivity index (χ4v) is 5.39. The number of sulfonamides is 1. The Labute approximate surface area is 183 Å². The molecule has 6 heteroatoms. The summed E-state index contributed by atoms with van der Waals surface area (Å²) in [6.07, 6.45) is 1.35. The van der Waals surface area contributed by atoms with Crippen molar-refractivity contribution in [2.24, 2.45) is 0 Å². The van der Waals surface area contributed by atoms with Gasteiger partial charge in [0, 0.05) is 17.3 Å². The van der Waals surface area contributed by atoms with E-state index in [0.717, 1.165) is 28.8 Å². The number of carbonyl (C=O) groups is 1. The van der Waals surface area contributed by atoms with Crippen molar-refractivity contribution in [3.63, 3.8) is 0 Å². The van der Waals surface area contributed by atoms with E-state index < -0.39 is 10.0 Å². The summed E-state index contributed by atoms with van der Waals surface area (Å²) in [6, 6.07) is 19.9. The standard InChI is InChI=1S/C25H26N2O3S/c1-4-19-12-8-9-17(2)24(19)26-31(29,30)22-13-14-23-21(16-22)15-18(3)27(23)25(28)20-10-6-5-7-11-20/h5-14,16,18,26H,4,15H2,1-3H3/t18-/m1/s1. The van der Waals surface area contributed by atoms with Gasteiger partial charge in [0.1, 0.15) is 0 Å². The average Bonchev–Trinajstić information content (AvgIpc) is 3.10. The van der Waals surface area contributed by atoms with E-state index in [4.69, 9.17) is 0 Å². The normalized spacial score (nSPS) is 15.6. The first-order valence-corrected chi connectivity index (χ1v) is 11.9. The molecule has 5 nitrogen and oxygen atoms in total. The van der Waals surface area contributed by atoms with Gasteiger partial charge in [-0.05, 0) is 73.7 Å². The number of hydrogen-bond acceptors (Lipinski definition) is 3. The smallest absolute Gasteiger partial charge is 0.261 e. The molecule has 1 heterocycles. The van der Waals surface area contributed by atoms with E-state index in [9.17, 15) is 13.2 Å². The van der Waals surface area contributed by atoms with Crippen LogP contribution in [0.4, 0.5) is 11.4 Å². The molecule has 0 radical (unpaired) electrons. The zero-order valence-electron chi connectivity index (χ0n) is 17.9. The zero-order chi connectivity index (χ0) is 22.2. The molecule has 160 valence electrons. The van der Waals surface area contributed by atoms with Gasteiger partial charge >= 0.3 is 0 Å². The van der Waals surface area contributed by atoms with E-state index in [0.29, 0.717) is 17.7 Å². The van der Waals surface area contributed by atoms with E-state index in [1.807, 2.05) is 57.2 Å². The number of rotatable bonds is 5. The summed E-state index contributed by atoms with van der Waals surface area (Å²) in [6.45, 7) is 5.88. The van der Waals surface area contributed by atoms with Crippen LogP contribution in [0.25, 0.3) is 0 Å². The predicted octanol–water partition coefficient (Wildman–Crippen LogP) is 4.95. The molecule has 0 bridgehead atoms. The van der Waals surface area contributed by atoms with Crippen molar-refractivity contribution < 1.29 is 13.2 Å². The predicted molar refractivity (Wildman–Crippen MR) is 124 cm³/mol. The fourth-order valence-electron chi connectivity index (χ4n) is 4.17. The van der Waals surface area contributed by atoms with Gasteiger partial charge in [-0.15, -0.1) is 0 Å². The zero-order valence-corrected chi connectivity index (χ0v) is 18.7. The topological polar surface area (TPSA) is 66.5 Å². The molecule has 1 N–H and O–H groups in total. The lowest BCUT2D eigenvalue weighted by Crippen LogP contribution is -2.35. The van der Waals surface area contributed by atoms with Crippen LogP contribution in [0.15, 0.2) is 71.6 Å². The van der Waals surface area contributed by atoms with Crippen molar-refractivity contribution in [2.45, 2.75) is 44.6 Å². The summed E-state index contributed by atoms with van der Waals surface area (Å²) in [5, 5.41) is 0. The van der Waals surface area contributed by atoms with E-state index in [2.05, 4.69) is 4.72 Å². The summed E-state index contributed by atoms with van der Waals surface area (Å²) in [7, 11) is -3.75. The third-order valence-electron chi connectivity index (χ3n) is 5.79. The van der Waals surface area contributed by atoms with Gasteiger partial charge in [-0.1, -0.05) is 43.3 Å². The number of benzene rings is 3. The molecule has 4 rings (SSSR count). The Bertz CT molecular complexity index is 1240. The lowest BCUT2D eigenvalue weighted by Gasteiger charge is -2.23. The second-order valence-corrected chi connectivity index (χ2v) is 9.64. The number of anilines is 2. The van der Waals surface area contributed by atoms with Gasteiger partial charge in [-0.2, -0.15) is 0 Å². The molecule has 1 atom stereocenters. The van der Waals surface area contributed by atoms with Crippen LogP contribution < -0.4 is 9.62 Å². The highest BCUT2D eigenvalue weighted by Gasteiger charge is 2.32. The van der Waals surface area contributed by atoms with Crippen LogP contribution >= 0.6 is 0 Å². The molecule has 31 heavy (non-hydrogen) atoms. The molecule has 3 aromatic rings. The highest BCUT2D eigenvalue weighted by molar-refractivity contribution is 7.92. The van der Waals surface area contributed by atoms with E-state index >= 15 is 0 Å². The number of nitrogens with one attached hydrogen (secondary N) is 1. The van der Waals surface area contributed by atoms with Crippen LogP contribution in [0.2, 0.25) is 0 Å². The highest BCUT2D eigenvalue weighted by atomic mass is 32.2. The van der Waals surface area contributed by atoms with E-state index in [1.54, 1.807) is 35.2 Å². The SMILES string of the molecule is CCc1cccc(C)c1NS(=O)(=O)c1ccc2c(c1)C[C@@H](C)N2C(=O)c1ccccc1. The first kappa shape index (κ1) is 21.1. The van der Waals surface area contributed by atoms with Crippen molar-refractivity contribution in [3.05, 3.63) is 89.0 Å². The van der Waals surface area contributed by atoms with Gasteiger partial charge in [0.25, 0.3) is 15.9 Å². The molecular weight excluding hydrogens is 408 g/mol. The van der Waals surface area contributed by atoms with Gasteiger partial charge in [0.15, 0.2) is 0 Å². The maximum atomic E-state index is 13.1. The minimum absolute atomic E-state index is 0.0447. The lowest BCUT2D eigenvalue weighted by molar-refractivity contribution is 0.0981. The van der Waals surface area contributed by atoms with Crippen LogP contribution in [0.5, 0.6) is 0 Å². The second kappa shape index (κ2) is 8.19. The quantitative estimate of drug-likeness (QED) is 0.618. The minimum Gasteiger partial charge on any atom is -0.305 e. The largest absolute Gasteiger partial charge is 0.305 e. The van der Waals surface area contributed by atoms with Crippen LogP contribution in [-0.2, 0) is 22.9 Å². The molecule has 1 amide bonds. The van der Waals surface area contributed by atoms with Crippen molar-refractivity contribution >= 4 is 27.3 Å². The van der Waals surface area contributed by atoms with Crippen LogP contribution in [-0.4, -0.2) is 20.4 Å². The summed E-state index contributed by atoms with van der Waals surface area (Å²) in [5.41, 5.74) is 4.73. The summed E-state index contributed by atoms with van der Waals surface area (Å²) in [5.74, 6) is -0.0759. The van der Waals surface area contributed by atoms with Gasteiger partial charge in [0.05, 0.1) is 10.6 Å². The number of hydrogen-bond donors (Lipinski definition) is 1. The third kappa shape index (κ3) is 3.95. The first-order valence-electron chi connectivity index (χ1n) is 10.4. The molecule has 0 unspecified atom stereocenters. The Morgan fingerprint density at radius 1 is 1.06 bits per heavy atom. The molecule has 0 saturated carbocycles. The molecule has 1 aliphatic heterocycles. The number of amides is 1. The van der Waals surface area contributed by atoms with Crippen molar-refractivity contribution in [3.8, 4) is 0 Å². The Morgan fingerprint density at radius 3 is 2.52 bits per heavy atom. The highest BCUT2D eigenvalue weighted by Crippen LogP contribution is 2.35. The lowest BCUT2D eigenvalue weighted by atomic mass is 10.1. The molecule has 0 spiro atoms. The number of aryl methyl sites for hydroxylation is 2. The van der Waals surface area contributed by atoms with Crippen molar-refractivity contribution in [2.75, 3.05) is 9.62 Å². The molecule has 1 aliphatic rings. The Balaban J connectivity index is 1.66. The Hall–Kier alpha value is -3.12. The van der Waals surface area contributed by atoms with Crippen LogP contribution in [0, 0.1) is 6.92 Å². The summed E-state index contributed by atoms with van der Waals surface area (Å²) >= 11 is 0. The third-order valence-corrected chi connectivity index (χ3v) is 7.14. The maximum absolute atomic E-state index is 13.1. The van der Waals surface area contributed by atoms with Gasteiger partial charge in [-0.3, -0.25) is 9.52 Å². The summed E-state index contributed by atoms with van der Waals surface area (Å²) < 4.78 is 29.1. The van der Waals surface area contributed by atoms with Crippen LogP contribution in [0.3, 0.4) is 0 Å². The van der Waals surface area contributed by atoms with E-state index in [1.165, 1.54) is 0 Å². The Kier molecular flexibility index (Phi) is 5.58. The minimum atomic E-state index is -3.75.